The van der Waals surface area contributed by atoms with Gasteiger partial charge in [-0.2, -0.15) is 0 Å². The molecule has 1 aliphatic heterocycles. The Hall–Kier alpha value is -3.35. The lowest BCUT2D eigenvalue weighted by atomic mass is 9.95. The van der Waals surface area contributed by atoms with Crippen LogP contribution in [0.15, 0.2) is 48.5 Å². The molecule has 7 nitrogen and oxygen atoms in total. The molecule has 34 heavy (non-hydrogen) atoms. The first-order valence-corrected chi connectivity index (χ1v) is 12.2. The molecule has 2 N–H and O–H groups in total. The number of carbonyl (C=O) groups excluding carboxylic acids is 2. The van der Waals surface area contributed by atoms with Crippen LogP contribution in [0.5, 0.6) is 0 Å². The molecule has 3 atom stereocenters. The molecular weight excluding hydrogens is 432 g/mol. The van der Waals surface area contributed by atoms with Crippen LogP contribution in [0.25, 0.3) is 11.1 Å². The molecule has 2 amide bonds. The Balaban J connectivity index is 1.20. The third kappa shape index (κ3) is 4.27. The quantitative estimate of drug-likeness (QED) is 0.700. The molecule has 2 aliphatic carbocycles. The summed E-state index contributed by atoms with van der Waals surface area (Å²) in [4.78, 5) is 38.9. The third-order valence-electron chi connectivity index (χ3n) is 7.56. The summed E-state index contributed by atoms with van der Waals surface area (Å²) in [6.45, 7) is 1.07. The van der Waals surface area contributed by atoms with Gasteiger partial charge in [-0.25, -0.2) is 4.79 Å². The molecule has 0 spiro atoms. The highest BCUT2D eigenvalue weighted by molar-refractivity contribution is 5.82. The normalized spacial score (nSPS) is 23.8. The summed E-state index contributed by atoms with van der Waals surface area (Å²) < 4.78 is 5.67. The fourth-order valence-corrected chi connectivity index (χ4v) is 5.83. The maximum Gasteiger partial charge on any atom is 0.407 e. The number of rotatable bonds is 5. The first-order valence-electron chi connectivity index (χ1n) is 12.2. The zero-order chi connectivity index (χ0) is 23.7. The van der Waals surface area contributed by atoms with E-state index >= 15 is 0 Å². The topological polar surface area (TPSA) is 95.9 Å². The smallest absolute Gasteiger partial charge is 0.407 e. The average molecular weight is 463 g/mol. The van der Waals surface area contributed by atoms with Gasteiger partial charge >= 0.3 is 12.1 Å². The lowest BCUT2D eigenvalue weighted by Crippen LogP contribution is -2.49. The Bertz CT molecular complexity index is 1050. The van der Waals surface area contributed by atoms with Crippen molar-refractivity contribution >= 4 is 18.0 Å². The third-order valence-corrected chi connectivity index (χ3v) is 7.56. The van der Waals surface area contributed by atoms with Crippen LogP contribution in [0.4, 0.5) is 4.79 Å². The predicted octanol–water partition coefficient (Wildman–Crippen LogP) is 4.02. The second-order valence-corrected chi connectivity index (χ2v) is 9.58. The lowest BCUT2D eigenvalue weighted by Gasteiger charge is -2.34. The number of carbonyl (C=O) groups is 3. The molecule has 0 aromatic heterocycles. The van der Waals surface area contributed by atoms with Crippen molar-refractivity contribution in [2.75, 3.05) is 19.7 Å². The van der Waals surface area contributed by atoms with Crippen LogP contribution in [-0.4, -0.2) is 53.7 Å². The van der Waals surface area contributed by atoms with Crippen molar-refractivity contribution in [3.05, 3.63) is 59.7 Å². The summed E-state index contributed by atoms with van der Waals surface area (Å²) in [5.74, 6) is -1.74. The van der Waals surface area contributed by atoms with E-state index < -0.39 is 18.0 Å². The maximum atomic E-state index is 13.1. The molecule has 178 valence electrons. The van der Waals surface area contributed by atoms with Gasteiger partial charge in [0.25, 0.3) is 0 Å². The van der Waals surface area contributed by atoms with Gasteiger partial charge in [-0.05, 0) is 47.9 Å². The second-order valence-electron chi connectivity index (χ2n) is 9.58. The molecule has 1 saturated heterocycles. The van der Waals surface area contributed by atoms with Crippen LogP contribution in [0.1, 0.15) is 49.1 Å². The van der Waals surface area contributed by atoms with E-state index in [1.807, 2.05) is 24.3 Å². The number of likely N-dealkylation sites (tertiary alicyclic amines) is 1. The van der Waals surface area contributed by atoms with Gasteiger partial charge in [0.2, 0.25) is 5.91 Å². The number of nitrogens with zero attached hydrogens (tertiary/aromatic N) is 1. The van der Waals surface area contributed by atoms with Gasteiger partial charge in [0, 0.05) is 25.0 Å². The number of aliphatic carboxylic acids is 1. The van der Waals surface area contributed by atoms with Crippen molar-refractivity contribution in [1.82, 2.24) is 10.2 Å². The van der Waals surface area contributed by atoms with Gasteiger partial charge in [-0.1, -0.05) is 55.0 Å². The first-order chi connectivity index (χ1) is 16.5. The minimum atomic E-state index is -0.850. The van der Waals surface area contributed by atoms with E-state index in [1.54, 1.807) is 4.90 Å². The van der Waals surface area contributed by atoms with Crippen LogP contribution in [-0.2, 0) is 14.3 Å². The zero-order valence-electron chi connectivity index (χ0n) is 19.1. The minimum absolute atomic E-state index is 0.0135. The van der Waals surface area contributed by atoms with E-state index in [-0.39, 0.29) is 36.9 Å². The standard InChI is InChI=1S/C27H30N2O5/c30-25(29-14-6-7-17(15-29)26(31)32)22-12-5-13-24(22)28-27(33)34-16-23-20-10-3-1-8-18(20)19-9-2-4-11-21(19)23/h1-4,8-11,17,22-24H,5-7,12-16H2,(H,28,33)(H,31,32)/t17?,22-,24+/m1/s1. The van der Waals surface area contributed by atoms with E-state index in [9.17, 15) is 19.5 Å². The summed E-state index contributed by atoms with van der Waals surface area (Å²) in [6, 6.07) is 16.1. The average Bonchev–Trinajstić information content (AvgIpc) is 3.44. The Morgan fingerprint density at radius 2 is 1.62 bits per heavy atom. The van der Waals surface area contributed by atoms with E-state index in [1.165, 1.54) is 11.1 Å². The van der Waals surface area contributed by atoms with Crippen LogP contribution in [0.3, 0.4) is 0 Å². The molecule has 3 aliphatic rings. The van der Waals surface area contributed by atoms with Crippen LogP contribution >= 0.6 is 0 Å². The summed E-state index contributed by atoms with van der Waals surface area (Å²) >= 11 is 0. The summed E-state index contributed by atoms with van der Waals surface area (Å²) in [5, 5.41) is 12.3. The number of benzene rings is 2. The van der Waals surface area contributed by atoms with Crippen LogP contribution < -0.4 is 5.32 Å². The molecule has 7 heteroatoms. The highest BCUT2D eigenvalue weighted by Gasteiger charge is 2.39. The largest absolute Gasteiger partial charge is 0.481 e. The van der Waals surface area contributed by atoms with Crippen molar-refractivity contribution in [1.29, 1.82) is 0 Å². The Kier molecular flexibility index (Phi) is 6.26. The Labute approximate surface area is 199 Å². The molecule has 1 saturated carbocycles. The maximum absolute atomic E-state index is 13.1. The van der Waals surface area contributed by atoms with E-state index in [2.05, 4.69) is 29.6 Å². The molecule has 5 rings (SSSR count). The first kappa shape index (κ1) is 22.4. The fraction of sp³-hybridized carbons (Fsp3) is 0.444. The number of piperidine rings is 1. The molecular formula is C27H30N2O5. The number of carboxylic acid groups (broad SMARTS) is 1. The number of alkyl carbamates (subject to hydrolysis) is 1. The number of hydrogen-bond acceptors (Lipinski definition) is 4. The summed E-state index contributed by atoms with van der Waals surface area (Å²) in [7, 11) is 0. The zero-order valence-corrected chi connectivity index (χ0v) is 19.1. The number of fused-ring (bicyclic) bond motifs is 3. The highest BCUT2D eigenvalue weighted by Crippen LogP contribution is 2.44. The Morgan fingerprint density at radius 3 is 2.29 bits per heavy atom. The van der Waals surface area contributed by atoms with E-state index in [0.717, 1.165) is 24.0 Å². The predicted molar refractivity (Wildman–Crippen MR) is 126 cm³/mol. The van der Waals surface area contributed by atoms with Gasteiger partial charge in [-0.3, -0.25) is 9.59 Å². The van der Waals surface area contributed by atoms with Gasteiger partial charge in [-0.15, -0.1) is 0 Å². The summed E-state index contributed by atoms with van der Waals surface area (Å²) in [6.07, 6.45) is 3.05. The van der Waals surface area contributed by atoms with Gasteiger partial charge in [0.1, 0.15) is 6.61 Å². The number of amides is 2. The lowest BCUT2D eigenvalue weighted by molar-refractivity contribution is -0.146. The molecule has 1 unspecified atom stereocenters. The molecule has 2 fully saturated rings. The number of hydrogen-bond donors (Lipinski definition) is 2. The van der Waals surface area contributed by atoms with E-state index in [4.69, 9.17) is 4.74 Å². The van der Waals surface area contributed by atoms with Crippen molar-refractivity contribution in [2.24, 2.45) is 11.8 Å². The molecule has 2 aromatic rings. The molecule has 2 aromatic carbocycles. The van der Waals surface area contributed by atoms with Crippen molar-refractivity contribution in [3.63, 3.8) is 0 Å². The number of nitrogens with one attached hydrogen (secondary N) is 1. The van der Waals surface area contributed by atoms with Crippen molar-refractivity contribution in [3.8, 4) is 11.1 Å². The fourth-order valence-electron chi connectivity index (χ4n) is 5.83. The van der Waals surface area contributed by atoms with Crippen molar-refractivity contribution < 1.29 is 24.2 Å². The van der Waals surface area contributed by atoms with Gasteiger partial charge in [0.15, 0.2) is 0 Å². The molecule has 0 bridgehead atoms. The minimum Gasteiger partial charge on any atom is -0.481 e. The van der Waals surface area contributed by atoms with E-state index in [0.29, 0.717) is 25.8 Å². The van der Waals surface area contributed by atoms with Gasteiger partial charge in [0.05, 0.1) is 11.8 Å². The molecule has 1 heterocycles. The monoisotopic (exact) mass is 462 g/mol. The SMILES string of the molecule is O=C(N[C@H]1CCC[C@H]1C(=O)N1CCCC(C(=O)O)C1)OCC1c2ccccc2-c2ccccc21. The Morgan fingerprint density at radius 1 is 0.941 bits per heavy atom. The number of carboxylic acids is 1. The summed E-state index contributed by atoms with van der Waals surface area (Å²) in [5.41, 5.74) is 4.66. The van der Waals surface area contributed by atoms with Crippen LogP contribution in [0.2, 0.25) is 0 Å². The van der Waals surface area contributed by atoms with Gasteiger partial charge < -0.3 is 20.1 Å². The second kappa shape index (κ2) is 9.49. The molecule has 0 radical (unpaired) electrons. The van der Waals surface area contributed by atoms with Crippen LogP contribution in [0, 0.1) is 11.8 Å². The highest BCUT2D eigenvalue weighted by atomic mass is 16.5. The van der Waals surface area contributed by atoms with Crippen molar-refractivity contribution in [2.45, 2.75) is 44.1 Å². The number of ether oxygens (including phenoxy) is 1.